The maximum atomic E-state index is 12.9. The van der Waals surface area contributed by atoms with Gasteiger partial charge < -0.3 is 4.90 Å². The standard InChI is InChI=1S/C21H22ClN5O3S/c22-18-3-1-2-14(8-18)6-7-31(29,30)27-12-16-10-26(11-17(16)13-27)21(28)15-4-5-19-20(9-15)24-25-23-19/h1-5,8-9,16-17H,6-7,10-13H2,(H,23,24,25). The van der Waals surface area contributed by atoms with Gasteiger partial charge in [-0.3, -0.25) is 4.79 Å². The van der Waals surface area contributed by atoms with Crippen LogP contribution in [0.3, 0.4) is 0 Å². The van der Waals surface area contributed by atoms with Crippen LogP contribution in [0, 0.1) is 11.8 Å². The molecule has 8 nitrogen and oxygen atoms in total. The van der Waals surface area contributed by atoms with Crippen LogP contribution in [-0.4, -0.2) is 70.9 Å². The Balaban J connectivity index is 1.20. The number of amides is 1. The van der Waals surface area contributed by atoms with Crippen molar-refractivity contribution in [2.24, 2.45) is 11.8 Å². The second-order valence-electron chi connectivity index (χ2n) is 8.27. The third kappa shape index (κ3) is 4.05. The molecule has 0 spiro atoms. The lowest BCUT2D eigenvalue weighted by molar-refractivity contribution is 0.0779. The molecular formula is C21H22ClN5O3S. The van der Waals surface area contributed by atoms with Crippen molar-refractivity contribution in [1.82, 2.24) is 24.6 Å². The van der Waals surface area contributed by atoms with Crippen molar-refractivity contribution in [3.63, 3.8) is 0 Å². The van der Waals surface area contributed by atoms with Gasteiger partial charge in [-0.25, -0.2) is 12.7 Å². The van der Waals surface area contributed by atoms with Crippen LogP contribution in [0.4, 0.5) is 0 Å². The molecule has 1 aromatic heterocycles. The van der Waals surface area contributed by atoms with Crippen LogP contribution in [0.1, 0.15) is 15.9 Å². The Morgan fingerprint density at radius 3 is 2.52 bits per heavy atom. The Kier molecular flexibility index (Phi) is 5.19. The number of nitrogens with zero attached hydrogens (tertiary/aromatic N) is 4. The molecule has 5 rings (SSSR count). The molecule has 0 saturated carbocycles. The summed E-state index contributed by atoms with van der Waals surface area (Å²) in [5.41, 5.74) is 2.86. The maximum Gasteiger partial charge on any atom is 0.253 e. The number of carbonyl (C=O) groups is 1. The fraction of sp³-hybridized carbons (Fsp3) is 0.381. The van der Waals surface area contributed by atoms with Gasteiger partial charge in [0.2, 0.25) is 10.0 Å². The first-order valence-corrected chi connectivity index (χ1v) is 12.2. The predicted octanol–water partition coefficient (Wildman–Crippen LogP) is 2.19. The first-order valence-electron chi connectivity index (χ1n) is 10.2. The van der Waals surface area contributed by atoms with Crippen molar-refractivity contribution in [3.05, 3.63) is 58.6 Å². The van der Waals surface area contributed by atoms with E-state index in [1.807, 2.05) is 17.0 Å². The summed E-state index contributed by atoms with van der Waals surface area (Å²) in [6.07, 6.45) is 0.434. The van der Waals surface area contributed by atoms with Gasteiger partial charge in [0.05, 0.1) is 5.75 Å². The lowest BCUT2D eigenvalue weighted by Crippen LogP contribution is -2.36. The number of hydrogen-bond acceptors (Lipinski definition) is 5. The predicted molar refractivity (Wildman–Crippen MR) is 117 cm³/mol. The number of nitrogens with one attached hydrogen (secondary N) is 1. The van der Waals surface area contributed by atoms with Gasteiger partial charge in [0.1, 0.15) is 11.0 Å². The third-order valence-electron chi connectivity index (χ3n) is 6.23. The summed E-state index contributed by atoms with van der Waals surface area (Å²) in [7, 11) is -3.35. The smallest absolute Gasteiger partial charge is 0.253 e. The molecule has 162 valence electrons. The number of likely N-dealkylation sites (tertiary alicyclic amines) is 1. The number of H-pyrrole nitrogens is 1. The molecule has 2 saturated heterocycles. The van der Waals surface area contributed by atoms with Crippen molar-refractivity contribution in [2.45, 2.75) is 6.42 Å². The van der Waals surface area contributed by atoms with Gasteiger partial charge in [-0.2, -0.15) is 15.4 Å². The molecule has 2 fully saturated rings. The van der Waals surface area contributed by atoms with E-state index in [9.17, 15) is 13.2 Å². The highest BCUT2D eigenvalue weighted by Crippen LogP contribution is 2.33. The normalized spacial score (nSPS) is 21.6. The van der Waals surface area contributed by atoms with Gasteiger partial charge in [-0.1, -0.05) is 23.7 Å². The van der Waals surface area contributed by atoms with Gasteiger partial charge in [-0.05, 0) is 54.2 Å². The topological polar surface area (TPSA) is 99.3 Å². The number of carbonyl (C=O) groups excluding carboxylic acids is 1. The molecule has 31 heavy (non-hydrogen) atoms. The van der Waals surface area contributed by atoms with Crippen LogP contribution in [0.15, 0.2) is 42.5 Å². The summed E-state index contributed by atoms with van der Waals surface area (Å²) in [5, 5.41) is 11.2. The third-order valence-corrected chi connectivity index (χ3v) is 8.27. The zero-order chi connectivity index (χ0) is 21.6. The van der Waals surface area contributed by atoms with Crippen LogP contribution in [0.2, 0.25) is 5.02 Å². The summed E-state index contributed by atoms with van der Waals surface area (Å²) < 4.78 is 27.3. The molecule has 10 heteroatoms. The number of aromatic nitrogens is 3. The summed E-state index contributed by atoms with van der Waals surface area (Å²) in [5.74, 6) is 0.351. The lowest BCUT2D eigenvalue weighted by Gasteiger charge is -2.21. The number of fused-ring (bicyclic) bond motifs is 2. The number of sulfonamides is 1. The van der Waals surface area contributed by atoms with Crippen molar-refractivity contribution in [1.29, 1.82) is 0 Å². The second-order valence-corrected chi connectivity index (χ2v) is 10.8. The molecule has 1 N–H and O–H groups in total. The van der Waals surface area contributed by atoms with E-state index in [-0.39, 0.29) is 23.5 Å². The minimum absolute atomic E-state index is 0.0466. The van der Waals surface area contributed by atoms with Crippen LogP contribution in [-0.2, 0) is 16.4 Å². The number of hydrogen-bond donors (Lipinski definition) is 1. The first-order chi connectivity index (χ1) is 14.9. The van der Waals surface area contributed by atoms with Gasteiger partial charge >= 0.3 is 0 Å². The van der Waals surface area contributed by atoms with Crippen molar-refractivity contribution < 1.29 is 13.2 Å². The van der Waals surface area contributed by atoms with E-state index in [2.05, 4.69) is 15.4 Å². The summed E-state index contributed by atoms with van der Waals surface area (Å²) in [6.45, 7) is 2.07. The number of halogens is 1. The molecule has 1 amide bonds. The summed E-state index contributed by atoms with van der Waals surface area (Å²) in [6, 6.07) is 12.6. The summed E-state index contributed by atoms with van der Waals surface area (Å²) >= 11 is 5.99. The van der Waals surface area contributed by atoms with E-state index in [0.717, 1.165) is 5.56 Å². The van der Waals surface area contributed by atoms with Crippen LogP contribution >= 0.6 is 11.6 Å². The highest BCUT2D eigenvalue weighted by atomic mass is 35.5. The number of aromatic amines is 1. The average Bonchev–Trinajstić information content (AvgIpc) is 3.46. The number of rotatable bonds is 5. The van der Waals surface area contributed by atoms with E-state index in [1.54, 1.807) is 34.6 Å². The highest BCUT2D eigenvalue weighted by Gasteiger charge is 2.45. The lowest BCUT2D eigenvalue weighted by atomic mass is 10.0. The van der Waals surface area contributed by atoms with Crippen molar-refractivity contribution in [2.75, 3.05) is 31.9 Å². The molecule has 3 heterocycles. The molecule has 2 unspecified atom stereocenters. The van der Waals surface area contributed by atoms with E-state index in [1.165, 1.54) is 0 Å². The largest absolute Gasteiger partial charge is 0.338 e. The quantitative estimate of drug-likeness (QED) is 0.630. The molecule has 2 atom stereocenters. The SMILES string of the molecule is O=C(c1ccc2n[nH]nc2c1)N1CC2CN(S(=O)(=O)CCc3cccc(Cl)c3)CC2C1. The number of aryl methyl sites for hydroxylation is 1. The minimum atomic E-state index is -3.35. The first kappa shape index (κ1) is 20.4. The van der Waals surface area contributed by atoms with Gasteiger partial charge in [0, 0.05) is 36.8 Å². The van der Waals surface area contributed by atoms with E-state index in [4.69, 9.17) is 11.6 Å². The van der Waals surface area contributed by atoms with Crippen molar-refractivity contribution >= 4 is 38.6 Å². The molecule has 2 aliphatic rings. The zero-order valence-corrected chi connectivity index (χ0v) is 18.3. The van der Waals surface area contributed by atoms with E-state index >= 15 is 0 Å². The van der Waals surface area contributed by atoms with Gasteiger partial charge in [0.25, 0.3) is 5.91 Å². The van der Waals surface area contributed by atoms with Gasteiger partial charge in [0.15, 0.2) is 0 Å². The highest BCUT2D eigenvalue weighted by molar-refractivity contribution is 7.89. The average molecular weight is 460 g/mol. The fourth-order valence-corrected chi connectivity index (χ4v) is 6.37. The zero-order valence-electron chi connectivity index (χ0n) is 16.7. The van der Waals surface area contributed by atoms with Crippen molar-refractivity contribution in [3.8, 4) is 0 Å². The minimum Gasteiger partial charge on any atom is -0.338 e. The Hall–Kier alpha value is -2.49. The molecule has 0 bridgehead atoms. The van der Waals surface area contributed by atoms with E-state index < -0.39 is 10.0 Å². The second kappa shape index (κ2) is 7.89. The Labute approximate surface area is 185 Å². The van der Waals surface area contributed by atoms with E-state index in [0.29, 0.717) is 54.2 Å². The Bertz CT molecular complexity index is 1230. The summed E-state index contributed by atoms with van der Waals surface area (Å²) in [4.78, 5) is 14.8. The maximum absolute atomic E-state index is 12.9. The molecular weight excluding hydrogens is 438 g/mol. The van der Waals surface area contributed by atoms with Crippen LogP contribution in [0.5, 0.6) is 0 Å². The Morgan fingerprint density at radius 2 is 1.77 bits per heavy atom. The van der Waals surface area contributed by atoms with Gasteiger partial charge in [-0.15, -0.1) is 0 Å². The molecule has 0 aliphatic carbocycles. The molecule has 2 aliphatic heterocycles. The number of benzene rings is 2. The molecule has 2 aromatic carbocycles. The molecule has 0 radical (unpaired) electrons. The van der Waals surface area contributed by atoms with Crippen LogP contribution < -0.4 is 0 Å². The monoisotopic (exact) mass is 459 g/mol. The molecule has 3 aromatic rings. The van der Waals surface area contributed by atoms with Crippen LogP contribution in [0.25, 0.3) is 11.0 Å². The Morgan fingerprint density at radius 1 is 1.03 bits per heavy atom. The fourth-order valence-electron chi connectivity index (χ4n) is 4.57.